The van der Waals surface area contributed by atoms with Gasteiger partial charge in [0.1, 0.15) is 17.0 Å². The van der Waals surface area contributed by atoms with E-state index in [0.29, 0.717) is 16.9 Å². The lowest BCUT2D eigenvalue weighted by molar-refractivity contribution is 0.0512. The summed E-state index contributed by atoms with van der Waals surface area (Å²) in [4.78, 5) is 20.4. The maximum Gasteiger partial charge on any atom is 0.376 e. The number of anilines is 1. The largest absolute Gasteiger partial charge is 0.469 e. The number of ether oxygens (including phenoxy) is 1. The van der Waals surface area contributed by atoms with Crippen molar-refractivity contribution in [2.45, 2.75) is 39.7 Å². The van der Waals surface area contributed by atoms with Gasteiger partial charge in [0.15, 0.2) is 0 Å². The van der Waals surface area contributed by atoms with Crippen LogP contribution in [0, 0.1) is 6.92 Å². The third kappa shape index (κ3) is 3.78. The van der Waals surface area contributed by atoms with Crippen LogP contribution in [0.15, 0.2) is 27.3 Å². The van der Waals surface area contributed by atoms with Crippen LogP contribution in [0.4, 0.5) is 5.82 Å². The van der Waals surface area contributed by atoms with Crippen molar-refractivity contribution >= 4 is 22.9 Å². The molecule has 1 N–H and O–H groups in total. The van der Waals surface area contributed by atoms with E-state index in [4.69, 9.17) is 13.7 Å². The highest BCUT2D eigenvalue weighted by Gasteiger charge is 2.20. The maximum absolute atomic E-state index is 12.0. The Labute approximate surface area is 144 Å². The smallest absolute Gasteiger partial charge is 0.376 e. The first-order chi connectivity index (χ1) is 12.1. The van der Waals surface area contributed by atoms with Gasteiger partial charge in [-0.3, -0.25) is 0 Å². The van der Waals surface area contributed by atoms with Crippen LogP contribution in [0.1, 0.15) is 42.3 Å². The number of carbonyl (C=O) groups is 1. The fourth-order valence-corrected chi connectivity index (χ4v) is 2.50. The van der Waals surface area contributed by atoms with Gasteiger partial charge in [-0.2, -0.15) is 4.98 Å². The highest BCUT2D eigenvalue weighted by molar-refractivity contribution is 5.93. The summed E-state index contributed by atoms with van der Waals surface area (Å²) in [5, 5.41) is 7.89. The Morgan fingerprint density at radius 3 is 2.96 bits per heavy atom. The second-order valence-electron chi connectivity index (χ2n) is 5.73. The number of hydrogen-bond acceptors (Lipinski definition) is 8. The summed E-state index contributed by atoms with van der Waals surface area (Å²) in [6.07, 6.45) is 3.29. The zero-order chi connectivity index (χ0) is 17.8. The SMILES string of the molecule is CCOC(=O)c1nc(N[C@@H](C)CCc2ccco2)c2c(C)noc2n1. The molecule has 0 radical (unpaired) electrons. The van der Waals surface area contributed by atoms with Crippen LogP contribution in [0.5, 0.6) is 0 Å². The van der Waals surface area contributed by atoms with Gasteiger partial charge in [-0.1, -0.05) is 5.16 Å². The topological polar surface area (TPSA) is 103 Å². The van der Waals surface area contributed by atoms with E-state index < -0.39 is 5.97 Å². The molecular weight excluding hydrogens is 324 g/mol. The molecule has 3 aromatic rings. The summed E-state index contributed by atoms with van der Waals surface area (Å²) in [6.45, 7) is 5.81. The first kappa shape index (κ1) is 16.9. The predicted octanol–water partition coefficient (Wildman–Crippen LogP) is 3.13. The van der Waals surface area contributed by atoms with Crippen LogP contribution >= 0.6 is 0 Å². The van der Waals surface area contributed by atoms with E-state index in [0.717, 1.165) is 18.6 Å². The summed E-state index contributed by atoms with van der Waals surface area (Å²) in [5.74, 6) is 0.796. The number of carbonyl (C=O) groups excluding carboxylic acids is 1. The lowest BCUT2D eigenvalue weighted by Gasteiger charge is -2.15. The van der Waals surface area contributed by atoms with Crippen molar-refractivity contribution in [3.8, 4) is 0 Å². The molecule has 0 aliphatic heterocycles. The minimum atomic E-state index is -0.593. The predicted molar refractivity (Wildman–Crippen MR) is 90.4 cm³/mol. The van der Waals surface area contributed by atoms with Crippen LogP contribution in [0.25, 0.3) is 11.1 Å². The summed E-state index contributed by atoms with van der Waals surface area (Å²) in [7, 11) is 0. The molecule has 0 aliphatic carbocycles. The number of esters is 1. The molecular formula is C17H20N4O4. The lowest BCUT2D eigenvalue weighted by Crippen LogP contribution is -2.19. The van der Waals surface area contributed by atoms with E-state index in [9.17, 15) is 4.79 Å². The number of aromatic nitrogens is 3. The lowest BCUT2D eigenvalue weighted by atomic mass is 10.1. The van der Waals surface area contributed by atoms with Gasteiger partial charge in [0.05, 0.1) is 18.6 Å². The quantitative estimate of drug-likeness (QED) is 0.652. The van der Waals surface area contributed by atoms with Gasteiger partial charge in [0.25, 0.3) is 5.71 Å². The molecule has 3 aromatic heterocycles. The summed E-state index contributed by atoms with van der Waals surface area (Å²) < 4.78 is 15.5. The van der Waals surface area contributed by atoms with Crippen molar-refractivity contribution in [3.63, 3.8) is 0 Å². The molecule has 0 amide bonds. The monoisotopic (exact) mass is 344 g/mol. The molecule has 0 aliphatic rings. The molecule has 0 aromatic carbocycles. The number of nitrogens with zero attached hydrogens (tertiary/aromatic N) is 3. The zero-order valence-electron chi connectivity index (χ0n) is 14.4. The van der Waals surface area contributed by atoms with Gasteiger partial charge in [-0.15, -0.1) is 0 Å². The minimum Gasteiger partial charge on any atom is -0.469 e. The number of aryl methyl sites for hydroxylation is 2. The third-order valence-electron chi connectivity index (χ3n) is 3.75. The molecule has 0 spiro atoms. The van der Waals surface area contributed by atoms with E-state index in [1.165, 1.54) is 0 Å². The molecule has 3 heterocycles. The molecule has 0 saturated heterocycles. The van der Waals surface area contributed by atoms with E-state index in [1.807, 2.05) is 19.1 Å². The van der Waals surface area contributed by atoms with Gasteiger partial charge >= 0.3 is 5.97 Å². The van der Waals surface area contributed by atoms with Crippen LogP contribution in [-0.4, -0.2) is 33.7 Å². The second-order valence-corrected chi connectivity index (χ2v) is 5.73. The maximum atomic E-state index is 12.0. The first-order valence-electron chi connectivity index (χ1n) is 8.18. The molecule has 0 unspecified atom stereocenters. The Balaban J connectivity index is 1.82. The van der Waals surface area contributed by atoms with Crippen molar-refractivity contribution in [1.82, 2.24) is 15.1 Å². The van der Waals surface area contributed by atoms with E-state index in [-0.39, 0.29) is 24.2 Å². The Hall–Kier alpha value is -2.90. The first-order valence-corrected chi connectivity index (χ1v) is 8.18. The molecule has 25 heavy (non-hydrogen) atoms. The van der Waals surface area contributed by atoms with Crippen molar-refractivity contribution in [2.75, 3.05) is 11.9 Å². The van der Waals surface area contributed by atoms with Gasteiger partial charge in [0.2, 0.25) is 5.82 Å². The van der Waals surface area contributed by atoms with Crippen LogP contribution in [-0.2, 0) is 11.2 Å². The molecule has 132 valence electrons. The molecule has 0 bridgehead atoms. The molecule has 0 fully saturated rings. The number of hydrogen-bond donors (Lipinski definition) is 1. The number of rotatable bonds is 7. The Morgan fingerprint density at radius 1 is 1.40 bits per heavy atom. The van der Waals surface area contributed by atoms with Crippen molar-refractivity contribution < 1.29 is 18.5 Å². The third-order valence-corrected chi connectivity index (χ3v) is 3.75. The normalized spacial score (nSPS) is 12.3. The number of nitrogens with one attached hydrogen (secondary N) is 1. The molecule has 0 saturated carbocycles. The second kappa shape index (κ2) is 7.33. The summed E-state index contributed by atoms with van der Waals surface area (Å²) in [5.41, 5.74) is 0.919. The van der Waals surface area contributed by atoms with Crippen LogP contribution in [0.3, 0.4) is 0 Å². The molecule has 1 atom stereocenters. The summed E-state index contributed by atoms with van der Waals surface area (Å²) in [6, 6.07) is 3.90. The fourth-order valence-electron chi connectivity index (χ4n) is 2.50. The van der Waals surface area contributed by atoms with Crippen molar-refractivity contribution in [3.05, 3.63) is 35.7 Å². The van der Waals surface area contributed by atoms with Crippen LogP contribution < -0.4 is 5.32 Å². The Bertz CT molecular complexity index is 857. The highest BCUT2D eigenvalue weighted by Crippen LogP contribution is 2.25. The number of furan rings is 1. The Kier molecular flexibility index (Phi) is 4.97. The van der Waals surface area contributed by atoms with Crippen molar-refractivity contribution in [1.29, 1.82) is 0 Å². The molecule has 8 heteroatoms. The average Bonchev–Trinajstić information content (AvgIpc) is 3.23. The fraction of sp³-hybridized carbons (Fsp3) is 0.412. The number of fused-ring (bicyclic) bond motifs is 1. The molecule has 3 rings (SSSR count). The zero-order valence-corrected chi connectivity index (χ0v) is 14.4. The minimum absolute atomic E-state index is 0.0498. The summed E-state index contributed by atoms with van der Waals surface area (Å²) >= 11 is 0. The van der Waals surface area contributed by atoms with E-state index >= 15 is 0 Å². The highest BCUT2D eigenvalue weighted by atomic mass is 16.5. The standard InChI is InChI=1S/C17H20N4O4/c1-4-23-17(22)15-19-14(13-11(3)21-25-16(13)20-15)18-10(2)7-8-12-6-5-9-24-12/h5-6,9-10H,4,7-8H2,1-3H3,(H,18,19,20)/t10-/m0/s1. The van der Waals surface area contributed by atoms with Gasteiger partial charge < -0.3 is 19.0 Å². The van der Waals surface area contributed by atoms with Gasteiger partial charge in [0, 0.05) is 12.5 Å². The van der Waals surface area contributed by atoms with E-state index in [1.54, 1.807) is 20.1 Å². The van der Waals surface area contributed by atoms with Crippen molar-refractivity contribution in [2.24, 2.45) is 0 Å². The van der Waals surface area contributed by atoms with Gasteiger partial charge in [-0.25, -0.2) is 9.78 Å². The van der Waals surface area contributed by atoms with Crippen LogP contribution in [0.2, 0.25) is 0 Å². The molecule has 8 nitrogen and oxygen atoms in total. The van der Waals surface area contributed by atoms with Gasteiger partial charge in [-0.05, 0) is 39.3 Å². The van der Waals surface area contributed by atoms with E-state index in [2.05, 4.69) is 20.4 Å². The Morgan fingerprint density at radius 2 is 2.24 bits per heavy atom. The average molecular weight is 344 g/mol.